The first kappa shape index (κ1) is 14.0. The molecule has 1 rings (SSSR count). The van der Waals surface area contributed by atoms with Gasteiger partial charge in [-0.05, 0) is 31.0 Å². The lowest BCUT2D eigenvalue weighted by Crippen LogP contribution is -2.39. The van der Waals surface area contributed by atoms with Crippen molar-refractivity contribution < 1.29 is 19.1 Å². The number of halogens is 1. The van der Waals surface area contributed by atoms with Gasteiger partial charge >= 0.3 is 12.0 Å². The topological polar surface area (TPSA) is 78.4 Å². The Morgan fingerprint density at radius 2 is 2.11 bits per heavy atom. The Kier molecular flexibility index (Phi) is 4.65. The number of carboxylic acids is 1. The molecule has 0 saturated carbocycles. The fraction of sp³-hybridized carbons (Fsp3) is 0.333. The highest BCUT2D eigenvalue weighted by molar-refractivity contribution is 5.80. The number of nitrogens with one attached hydrogen (secondary N) is 2. The molecule has 0 aliphatic heterocycles. The lowest BCUT2D eigenvalue weighted by Gasteiger charge is -2.15. The average molecular weight is 254 g/mol. The predicted molar refractivity (Wildman–Crippen MR) is 63.7 cm³/mol. The van der Waals surface area contributed by atoms with E-state index in [4.69, 9.17) is 5.11 Å². The van der Waals surface area contributed by atoms with Crippen LogP contribution in [0.1, 0.15) is 24.1 Å². The van der Waals surface area contributed by atoms with E-state index in [0.29, 0.717) is 11.1 Å². The van der Waals surface area contributed by atoms with Gasteiger partial charge in [0.2, 0.25) is 0 Å². The van der Waals surface area contributed by atoms with Crippen LogP contribution < -0.4 is 10.6 Å². The first-order chi connectivity index (χ1) is 8.40. The fourth-order valence-corrected chi connectivity index (χ4v) is 1.37. The normalized spacial score (nSPS) is 11.7. The van der Waals surface area contributed by atoms with E-state index in [9.17, 15) is 14.0 Å². The Hall–Kier alpha value is -2.11. The molecule has 2 amide bonds. The molecule has 0 radical (unpaired) electrons. The van der Waals surface area contributed by atoms with Crippen molar-refractivity contribution in [3.63, 3.8) is 0 Å². The van der Waals surface area contributed by atoms with Crippen molar-refractivity contribution in [2.24, 2.45) is 0 Å². The maximum atomic E-state index is 13.3. The number of rotatable bonds is 4. The van der Waals surface area contributed by atoms with Crippen LogP contribution >= 0.6 is 0 Å². The summed E-state index contributed by atoms with van der Waals surface area (Å²) in [4.78, 5) is 21.6. The predicted octanol–water partition coefficient (Wildman–Crippen LogP) is 1.58. The summed E-state index contributed by atoms with van der Waals surface area (Å²) in [6.45, 7) is 2.88. The molecule has 18 heavy (non-hydrogen) atoms. The molecule has 0 saturated heterocycles. The fourth-order valence-electron chi connectivity index (χ4n) is 1.37. The van der Waals surface area contributed by atoms with Crippen molar-refractivity contribution in [2.45, 2.75) is 19.9 Å². The number of aliphatic carboxylic acids is 1. The molecule has 0 spiro atoms. The molecule has 0 aliphatic carbocycles. The smallest absolute Gasteiger partial charge is 0.323 e. The van der Waals surface area contributed by atoms with Crippen LogP contribution in [0.3, 0.4) is 0 Å². The number of carbonyl (C=O) groups is 2. The van der Waals surface area contributed by atoms with Crippen LogP contribution in [0.25, 0.3) is 0 Å². The molecule has 0 bridgehead atoms. The molecular formula is C12H15FN2O3. The molecule has 1 aromatic rings. The molecule has 5 nitrogen and oxygen atoms in total. The van der Waals surface area contributed by atoms with Gasteiger partial charge in [-0.25, -0.2) is 9.18 Å². The minimum atomic E-state index is -1.13. The summed E-state index contributed by atoms with van der Waals surface area (Å²) in [5.41, 5.74) is 1.14. The van der Waals surface area contributed by atoms with Crippen LogP contribution in [0.15, 0.2) is 18.2 Å². The van der Waals surface area contributed by atoms with Gasteiger partial charge in [-0.2, -0.15) is 0 Å². The van der Waals surface area contributed by atoms with Gasteiger partial charge in [0.15, 0.2) is 0 Å². The van der Waals surface area contributed by atoms with Gasteiger partial charge < -0.3 is 15.7 Å². The first-order valence-electron chi connectivity index (χ1n) is 5.42. The second kappa shape index (κ2) is 6.00. The molecule has 0 fully saturated rings. The highest BCUT2D eigenvalue weighted by atomic mass is 19.1. The zero-order chi connectivity index (χ0) is 13.7. The van der Waals surface area contributed by atoms with Gasteiger partial charge in [0, 0.05) is 0 Å². The quantitative estimate of drug-likeness (QED) is 0.763. The number of amides is 2. The van der Waals surface area contributed by atoms with E-state index >= 15 is 0 Å². The molecule has 1 atom stereocenters. The number of hydrogen-bond acceptors (Lipinski definition) is 2. The molecule has 0 heterocycles. The monoisotopic (exact) mass is 254 g/mol. The lowest BCUT2D eigenvalue weighted by molar-refractivity contribution is -0.135. The van der Waals surface area contributed by atoms with E-state index in [0.717, 1.165) is 0 Å². The van der Waals surface area contributed by atoms with Crippen molar-refractivity contribution in [3.05, 3.63) is 35.1 Å². The minimum Gasteiger partial charge on any atom is -0.480 e. The van der Waals surface area contributed by atoms with Gasteiger partial charge in [-0.15, -0.1) is 0 Å². The average Bonchev–Trinajstić information content (AvgIpc) is 2.30. The van der Waals surface area contributed by atoms with Crippen molar-refractivity contribution >= 4 is 12.0 Å². The summed E-state index contributed by atoms with van der Waals surface area (Å²) in [5, 5.41) is 13.1. The second-order valence-corrected chi connectivity index (χ2v) is 3.95. The molecule has 98 valence electrons. The number of urea groups is 1. The highest BCUT2D eigenvalue weighted by Crippen LogP contribution is 2.15. The van der Waals surface area contributed by atoms with Crippen molar-refractivity contribution in [2.75, 3.05) is 6.54 Å². The Labute approximate surface area is 104 Å². The first-order valence-corrected chi connectivity index (χ1v) is 5.42. The van der Waals surface area contributed by atoms with Crippen molar-refractivity contribution in [3.8, 4) is 0 Å². The summed E-state index contributed by atoms with van der Waals surface area (Å²) in [6, 6.07) is 3.66. The summed E-state index contributed by atoms with van der Waals surface area (Å²) in [6.07, 6.45) is 0. The van der Waals surface area contributed by atoms with Gasteiger partial charge in [0.25, 0.3) is 0 Å². The van der Waals surface area contributed by atoms with Crippen LogP contribution in [0.5, 0.6) is 0 Å². The number of benzene rings is 1. The number of carboxylic acid groups (broad SMARTS) is 1. The van der Waals surface area contributed by atoms with Crippen LogP contribution in [-0.4, -0.2) is 23.7 Å². The highest BCUT2D eigenvalue weighted by Gasteiger charge is 2.11. The van der Waals surface area contributed by atoms with E-state index in [-0.39, 0.29) is 5.82 Å². The molecule has 3 N–H and O–H groups in total. The second-order valence-electron chi connectivity index (χ2n) is 3.95. The summed E-state index contributed by atoms with van der Waals surface area (Å²) < 4.78 is 13.3. The van der Waals surface area contributed by atoms with E-state index in [1.54, 1.807) is 26.0 Å². The molecule has 0 aromatic heterocycles. The van der Waals surface area contributed by atoms with E-state index in [2.05, 4.69) is 10.6 Å². The summed E-state index contributed by atoms with van der Waals surface area (Å²) in [7, 11) is 0. The van der Waals surface area contributed by atoms with Crippen LogP contribution in [-0.2, 0) is 4.79 Å². The number of hydrogen-bond donors (Lipinski definition) is 3. The zero-order valence-corrected chi connectivity index (χ0v) is 10.2. The summed E-state index contributed by atoms with van der Waals surface area (Å²) >= 11 is 0. The van der Waals surface area contributed by atoms with Crippen LogP contribution in [0, 0.1) is 12.7 Å². The SMILES string of the molecule is Cc1ccc(C(C)NC(=O)NCC(=O)O)cc1F. The Balaban J connectivity index is 2.59. The Morgan fingerprint density at radius 3 is 2.67 bits per heavy atom. The van der Waals surface area contributed by atoms with Gasteiger partial charge in [0.1, 0.15) is 12.4 Å². The molecule has 1 unspecified atom stereocenters. The van der Waals surface area contributed by atoms with Crippen LogP contribution in [0.4, 0.5) is 9.18 Å². The van der Waals surface area contributed by atoms with Crippen LogP contribution in [0.2, 0.25) is 0 Å². The van der Waals surface area contributed by atoms with E-state index < -0.39 is 24.6 Å². The number of aryl methyl sites for hydroxylation is 1. The third-order valence-corrected chi connectivity index (χ3v) is 2.44. The summed E-state index contributed by atoms with van der Waals surface area (Å²) in [5.74, 6) is -1.47. The molecular weight excluding hydrogens is 239 g/mol. The van der Waals surface area contributed by atoms with E-state index in [1.807, 2.05) is 0 Å². The minimum absolute atomic E-state index is 0.341. The van der Waals surface area contributed by atoms with Crippen molar-refractivity contribution in [1.29, 1.82) is 0 Å². The molecule has 6 heteroatoms. The number of carbonyl (C=O) groups excluding carboxylic acids is 1. The van der Waals surface area contributed by atoms with E-state index in [1.165, 1.54) is 6.07 Å². The maximum absolute atomic E-state index is 13.3. The molecule has 1 aromatic carbocycles. The zero-order valence-electron chi connectivity index (χ0n) is 10.2. The molecule has 0 aliphatic rings. The third-order valence-electron chi connectivity index (χ3n) is 2.44. The van der Waals surface area contributed by atoms with Gasteiger partial charge in [0.05, 0.1) is 6.04 Å². The Bertz CT molecular complexity index is 463. The van der Waals surface area contributed by atoms with Gasteiger partial charge in [-0.3, -0.25) is 4.79 Å². The standard InChI is InChI=1S/C12H15FN2O3/c1-7-3-4-9(5-10(7)13)8(2)15-12(18)14-6-11(16)17/h3-5,8H,6H2,1-2H3,(H,16,17)(H2,14,15,18). The van der Waals surface area contributed by atoms with Crippen molar-refractivity contribution in [1.82, 2.24) is 10.6 Å². The third kappa shape index (κ3) is 4.04. The largest absolute Gasteiger partial charge is 0.480 e. The Morgan fingerprint density at radius 1 is 1.44 bits per heavy atom. The van der Waals surface area contributed by atoms with Gasteiger partial charge in [-0.1, -0.05) is 12.1 Å². The maximum Gasteiger partial charge on any atom is 0.323 e. The lowest BCUT2D eigenvalue weighted by atomic mass is 10.1.